The summed E-state index contributed by atoms with van der Waals surface area (Å²) in [5.41, 5.74) is 3.95. The summed E-state index contributed by atoms with van der Waals surface area (Å²) in [5, 5.41) is 11.9. The van der Waals surface area contributed by atoms with E-state index in [9.17, 15) is 14.4 Å². The quantitative estimate of drug-likeness (QED) is 0.564. The first kappa shape index (κ1) is 23.8. The summed E-state index contributed by atoms with van der Waals surface area (Å²) in [6.45, 7) is 6.24. The number of carbonyl (C=O) groups excluding carboxylic acids is 3. The maximum atomic E-state index is 13.4. The number of benzene rings is 1. The molecule has 0 unspecified atom stereocenters. The van der Waals surface area contributed by atoms with Crippen LogP contribution in [0.5, 0.6) is 0 Å². The first-order chi connectivity index (χ1) is 16.6. The van der Waals surface area contributed by atoms with E-state index < -0.39 is 17.7 Å². The number of methoxy groups -OCH3 is 1. The summed E-state index contributed by atoms with van der Waals surface area (Å²) < 4.78 is 11.9. The van der Waals surface area contributed by atoms with E-state index in [1.165, 1.54) is 7.11 Å². The standard InChI is InChI=1S/C26H26N4O5/c1-26(2,3)35-25(33)28-10-12-29-15-19-21(17-7-5-16(14-27)6-8-17)20-13-18(24(32)34-4)9-11-30(20)22(19)23(29)31/h5-9,11,13H,10,12,15H2,1-4H3,(H,28,33). The first-order valence-electron chi connectivity index (χ1n) is 11.1. The molecule has 180 valence electrons. The number of hydrogen-bond acceptors (Lipinski definition) is 6. The van der Waals surface area contributed by atoms with Crippen molar-refractivity contribution in [2.75, 3.05) is 20.2 Å². The minimum Gasteiger partial charge on any atom is -0.465 e. The number of rotatable bonds is 5. The molecule has 2 amide bonds. The highest BCUT2D eigenvalue weighted by atomic mass is 16.6. The Morgan fingerprint density at radius 3 is 2.51 bits per heavy atom. The molecule has 9 heteroatoms. The molecule has 1 aromatic carbocycles. The minimum absolute atomic E-state index is 0.174. The molecule has 1 aliphatic rings. The Morgan fingerprint density at radius 1 is 1.17 bits per heavy atom. The zero-order valence-corrected chi connectivity index (χ0v) is 20.0. The summed E-state index contributed by atoms with van der Waals surface area (Å²) in [4.78, 5) is 39.1. The fraction of sp³-hybridized carbons (Fsp3) is 0.308. The highest BCUT2D eigenvalue weighted by Crippen LogP contribution is 2.38. The van der Waals surface area contributed by atoms with Crippen LogP contribution in [0.1, 0.15) is 52.7 Å². The Kier molecular flexibility index (Phi) is 6.22. The van der Waals surface area contributed by atoms with Crippen molar-refractivity contribution in [1.29, 1.82) is 5.26 Å². The lowest BCUT2D eigenvalue weighted by Crippen LogP contribution is -2.38. The molecule has 0 radical (unpaired) electrons. The Labute approximate surface area is 202 Å². The average Bonchev–Trinajstić information content (AvgIpc) is 3.30. The summed E-state index contributed by atoms with van der Waals surface area (Å²) in [6.07, 6.45) is 1.15. The average molecular weight is 475 g/mol. The van der Waals surface area contributed by atoms with Gasteiger partial charge in [-0.1, -0.05) is 12.1 Å². The molecule has 0 aliphatic carbocycles. The van der Waals surface area contributed by atoms with Gasteiger partial charge in [0.15, 0.2) is 0 Å². The number of ether oxygens (including phenoxy) is 2. The van der Waals surface area contributed by atoms with Crippen LogP contribution in [-0.4, -0.2) is 53.1 Å². The SMILES string of the molecule is COC(=O)c1ccn2c3c(c(-c4ccc(C#N)cc4)c2c1)CN(CCNC(=O)OC(C)(C)C)C3=O. The van der Waals surface area contributed by atoms with Crippen molar-refractivity contribution in [3.05, 3.63) is 65.0 Å². The van der Waals surface area contributed by atoms with Crippen molar-refractivity contribution in [3.63, 3.8) is 0 Å². The predicted octanol–water partition coefficient (Wildman–Crippen LogP) is 3.75. The van der Waals surface area contributed by atoms with Crippen LogP contribution < -0.4 is 5.32 Å². The van der Waals surface area contributed by atoms with Gasteiger partial charge in [0.25, 0.3) is 5.91 Å². The topological polar surface area (TPSA) is 113 Å². The molecule has 0 atom stereocenters. The number of hydrogen-bond donors (Lipinski definition) is 1. The Morgan fingerprint density at radius 2 is 1.89 bits per heavy atom. The van der Waals surface area contributed by atoms with Crippen LogP contribution in [0.25, 0.3) is 16.6 Å². The number of nitrogens with zero attached hydrogens (tertiary/aromatic N) is 3. The van der Waals surface area contributed by atoms with Crippen LogP contribution in [0.4, 0.5) is 4.79 Å². The van der Waals surface area contributed by atoms with Crippen LogP contribution >= 0.6 is 0 Å². The van der Waals surface area contributed by atoms with Crippen LogP contribution in [0, 0.1) is 11.3 Å². The smallest absolute Gasteiger partial charge is 0.407 e. The molecule has 1 N–H and O–H groups in total. The van der Waals surface area contributed by atoms with Gasteiger partial charge >= 0.3 is 12.1 Å². The second-order valence-corrected chi connectivity index (χ2v) is 9.21. The van der Waals surface area contributed by atoms with Gasteiger partial charge in [-0.05, 0) is 50.6 Å². The van der Waals surface area contributed by atoms with Crippen LogP contribution in [-0.2, 0) is 16.0 Å². The number of pyridine rings is 1. The van der Waals surface area contributed by atoms with Gasteiger partial charge in [-0.3, -0.25) is 4.79 Å². The van der Waals surface area contributed by atoms with E-state index in [0.717, 1.165) is 16.7 Å². The second-order valence-electron chi connectivity index (χ2n) is 9.21. The lowest BCUT2D eigenvalue weighted by Gasteiger charge is -2.21. The van der Waals surface area contributed by atoms with Crippen molar-refractivity contribution in [1.82, 2.24) is 14.6 Å². The van der Waals surface area contributed by atoms with E-state index in [2.05, 4.69) is 11.4 Å². The third kappa shape index (κ3) is 4.68. The van der Waals surface area contributed by atoms with Gasteiger partial charge in [-0.15, -0.1) is 0 Å². The normalized spacial score (nSPS) is 12.9. The lowest BCUT2D eigenvalue weighted by atomic mass is 10.00. The van der Waals surface area contributed by atoms with Gasteiger partial charge in [-0.2, -0.15) is 5.26 Å². The van der Waals surface area contributed by atoms with E-state index >= 15 is 0 Å². The van der Waals surface area contributed by atoms with Gasteiger partial charge in [0, 0.05) is 37.0 Å². The third-order valence-corrected chi connectivity index (χ3v) is 5.65. The number of nitrogens with one attached hydrogen (secondary N) is 1. The predicted molar refractivity (Wildman–Crippen MR) is 128 cm³/mol. The summed E-state index contributed by atoms with van der Waals surface area (Å²) in [6, 6.07) is 12.5. The Balaban J connectivity index is 1.68. The van der Waals surface area contributed by atoms with Gasteiger partial charge in [0.2, 0.25) is 0 Å². The summed E-state index contributed by atoms with van der Waals surface area (Å²) in [7, 11) is 1.32. The lowest BCUT2D eigenvalue weighted by molar-refractivity contribution is 0.0514. The zero-order valence-electron chi connectivity index (χ0n) is 20.0. The Hall–Kier alpha value is -4.32. The molecule has 1 aliphatic heterocycles. The van der Waals surface area contributed by atoms with Crippen molar-refractivity contribution < 1.29 is 23.9 Å². The summed E-state index contributed by atoms with van der Waals surface area (Å²) in [5.74, 6) is -0.646. The molecule has 0 spiro atoms. The second kappa shape index (κ2) is 9.14. The highest BCUT2D eigenvalue weighted by Gasteiger charge is 2.35. The number of amides is 2. The number of fused-ring (bicyclic) bond motifs is 3. The van der Waals surface area contributed by atoms with Crippen LogP contribution in [0.2, 0.25) is 0 Å². The molecule has 0 saturated heterocycles. The van der Waals surface area contributed by atoms with E-state index in [1.807, 2.05) is 12.1 Å². The van der Waals surface area contributed by atoms with Gasteiger partial charge < -0.3 is 24.1 Å². The van der Waals surface area contributed by atoms with E-state index in [-0.39, 0.29) is 12.5 Å². The van der Waals surface area contributed by atoms with Gasteiger partial charge in [0.1, 0.15) is 11.3 Å². The molecule has 3 aromatic rings. The third-order valence-electron chi connectivity index (χ3n) is 5.65. The highest BCUT2D eigenvalue weighted by molar-refractivity contribution is 6.04. The molecule has 0 bridgehead atoms. The molecule has 9 nitrogen and oxygen atoms in total. The number of esters is 1. The van der Waals surface area contributed by atoms with E-state index in [4.69, 9.17) is 14.7 Å². The monoisotopic (exact) mass is 474 g/mol. The molecule has 3 heterocycles. The fourth-order valence-corrected chi connectivity index (χ4v) is 4.17. The molecule has 4 rings (SSSR count). The number of alkyl carbamates (subject to hydrolysis) is 1. The van der Waals surface area contributed by atoms with Crippen LogP contribution in [0.15, 0.2) is 42.6 Å². The maximum Gasteiger partial charge on any atom is 0.407 e. The molecule has 0 fully saturated rings. The van der Waals surface area contributed by atoms with Crippen LogP contribution in [0.3, 0.4) is 0 Å². The largest absolute Gasteiger partial charge is 0.465 e. The van der Waals surface area contributed by atoms with Crippen molar-refractivity contribution in [3.8, 4) is 17.2 Å². The van der Waals surface area contributed by atoms with Gasteiger partial charge in [0.05, 0.1) is 29.8 Å². The maximum absolute atomic E-state index is 13.4. The minimum atomic E-state index is -0.607. The van der Waals surface area contributed by atoms with Crippen molar-refractivity contribution >= 4 is 23.5 Å². The molecular formula is C26H26N4O5. The summed E-state index contributed by atoms with van der Waals surface area (Å²) >= 11 is 0. The van der Waals surface area contributed by atoms with Crippen molar-refractivity contribution in [2.45, 2.75) is 32.9 Å². The molecule has 0 saturated carbocycles. The number of aromatic nitrogens is 1. The molecule has 35 heavy (non-hydrogen) atoms. The molecule has 2 aromatic heterocycles. The zero-order chi connectivity index (χ0) is 25.3. The Bertz CT molecular complexity index is 1360. The van der Waals surface area contributed by atoms with E-state index in [1.54, 1.807) is 60.5 Å². The van der Waals surface area contributed by atoms with Gasteiger partial charge in [-0.25, -0.2) is 9.59 Å². The van der Waals surface area contributed by atoms with Crippen molar-refractivity contribution in [2.24, 2.45) is 0 Å². The van der Waals surface area contributed by atoms with E-state index in [0.29, 0.717) is 35.4 Å². The fourth-order valence-electron chi connectivity index (χ4n) is 4.17. The first-order valence-corrected chi connectivity index (χ1v) is 11.1. The number of carbonyl (C=O) groups is 3. The molecular weight excluding hydrogens is 448 g/mol. The number of nitriles is 1.